The summed E-state index contributed by atoms with van der Waals surface area (Å²) in [6, 6.07) is 0. The molecule has 1 saturated heterocycles. The third-order valence-electron chi connectivity index (χ3n) is 3.49. The van der Waals surface area contributed by atoms with Gasteiger partial charge in [-0.1, -0.05) is 20.3 Å². The second-order valence-corrected chi connectivity index (χ2v) is 4.86. The number of hydrogen-bond donors (Lipinski definition) is 1. The zero-order chi connectivity index (χ0) is 10.4. The highest BCUT2D eigenvalue weighted by atomic mass is 15.1. The van der Waals surface area contributed by atoms with E-state index in [0.29, 0.717) is 5.41 Å². The fraction of sp³-hybridized carbons (Fsp3) is 1.00. The van der Waals surface area contributed by atoms with Gasteiger partial charge in [0.15, 0.2) is 0 Å². The molecule has 1 N–H and O–H groups in total. The van der Waals surface area contributed by atoms with Crippen molar-refractivity contribution in [2.24, 2.45) is 5.41 Å². The summed E-state index contributed by atoms with van der Waals surface area (Å²) in [7, 11) is 2.24. The van der Waals surface area contributed by atoms with Gasteiger partial charge in [0, 0.05) is 13.1 Å². The summed E-state index contributed by atoms with van der Waals surface area (Å²) in [5, 5.41) is 3.56. The van der Waals surface area contributed by atoms with Crippen molar-refractivity contribution in [3.05, 3.63) is 0 Å². The SMILES string of the molecule is CCCC1(CN(C)CC)CCCNC1. The van der Waals surface area contributed by atoms with Crippen molar-refractivity contribution >= 4 is 0 Å². The van der Waals surface area contributed by atoms with Crippen molar-refractivity contribution in [2.75, 3.05) is 33.2 Å². The van der Waals surface area contributed by atoms with Crippen LogP contribution in [0.1, 0.15) is 39.5 Å². The average molecular weight is 198 g/mol. The van der Waals surface area contributed by atoms with Gasteiger partial charge in [0.1, 0.15) is 0 Å². The van der Waals surface area contributed by atoms with E-state index >= 15 is 0 Å². The zero-order valence-electron chi connectivity index (χ0n) is 10.1. The molecule has 1 aliphatic rings. The molecule has 0 aromatic heterocycles. The van der Waals surface area contributed by atoms with Crippen LogP contribution in [0.15, 0.2) is 0 Å². The molecule has 1 heterocycles. The first-order valence-corrected chi connectivity index (χ1v) is 6.12. The van der Waals surface area contributed by atoms with Gasteiger partial charge in [-0.05, 0) is 44.8 Å². The van der Waals surface area contributed by atoms with Gasteiger partial charge in [-0.3, -0.25) is 0 Å². The normalized spacial score (nSPS) is 28.3. The minimum atomic E-state index is 0.567. The van der Waals surface area contributed by atoms with E-state index in [4.69, 9.17) is 0 Å². The maximum atomic E-state index is 3.56. The van der Waals surface area contributed by atoms with Crippen LogP contribution in [0.3, 0.4) is 0 Å². The molecule has 0 saturated carbocycles. The van der Waals surface area contributed by atoms with Crippen molar-refractivity contribution in [1.29, 1.82) is 0 Å². The van der Waals surface area contributed by atoms with E-state index < -0.39 is 0 Å². The first-order chi connectivity index (χ1) is 6.72. The Bertz CT molecular complexity index is 145. The van der Waals surface area contributed by atoms with Gasteiger partial charge < -0.3 is 10.2 Å². The van der Waals surface area contributed by atoms with Gasteiger partial charge in [0.05, 0.1) is 0 Å². The smallest absolute Gasteiger partial charge is 0.00470 e. The molecule has 14 heavy (non-hydrogen) atoms. The van der Waals surface area contributed by atoms with E-state index in [1.165, 1.54) is 51.9 Å². The van der Waals surface area contributed by atoms with Gasteiger partial charge in [-0.25, -0.2) is 0 Å². The quantitative estimate of drug-likeness (QED) is 0.728. The van der Waals surface area contributed by atoms with Crippen molar-refractivity contribution in [2.45, 2.75) is 39.5 Å². The standard InChI is InChI=1S/C12H26N2/c1-4-7-12(11-14(3)5-2)8-6-9-13-10-12/h13H,4-11H2,1-3H3. The maximum Gasteiger partial charge on any atom is 0.00470 e. The van der Waals surface area contributed by atoms with Crippen LogP contribution >= 0.6 is 0 Å². The van der Waals surface area contributed by atoms with Crippen LogP contribution in [0.2, 0.25) is 0 Å². The molecule has 1 rings (SSSR count). The van der Waals surface area contributed by atoms with E-state index in [2.05, 4.69) is 31.1 Å². The summed E-state index contributed by atoms with van der Waals surface area (Å²) in [5.41, 5.74) is 0.567. The predicted octanol–water partition coefficient (Wildman–Crippen LogP) is 2.11. The van der Waals surface area contributed by atoms with Crippen LogP contribution < -0.4 is 5.32 Å². The summed E-state index contributed by atoms with van der Waals surface area (Å²) < 4.78 is 0. The molecule has 0 bridgehead atoms. The molecule has 1 atom stereocenters. The number of rotatable bonds is 5. The minimum absolute atomic E-state index is 0.567. The van der Waals surface area contributed by atoms with Gasteiger partial charge >= 0.3 is 0 Å². The van der Waals surface area contributed by atoms with Crippen LogP contribution in [-0.4, -0.2) is 38.1 Å². The van der Waals surface area contributed by atoms with Gasteiger partial charge in [-0.15, -0.1) is 0 Å². The first-order valence-electron chi connectivity index (χ1n) is 6.12. The second-order valence-electron chi connectivity index (χ2n) is 4.86. The number of hydrogen-bond acceptors (Lipinski definition) is 2. The Labute approximate surface area is 89.1 Å². The zero-order valence-corrected chi connectivity index (χ0v) is 10.1. The number of nitrogens with one attached hydrogen (secondary N) is 1. The molecule has 84 valence electrons. The topological polar surface area (TPSA) is 15.3 Å². The lowest BCUT2D eigenvalue weighted by atomic mass is 9.76. The highest BCUT2D eigenvalue weighted by Gasteiger charge is 2.31. The highest BCUT2D eigenvalue weighted by Crippen LogP contribution is 2.32. The Morgan fingerprint density at radius 3 is 2.64 bits per heavy atom. The van der Waals surface area contributed by atoms with Gasteiger partial charge in [0.2, 0.25) is 0 Å². The molecule has 0 amide bonds. The summed E-state index contributed by atoms with van der Waals surface area (Å²) in [6.07, 6.45) is 5.47. The monoisotopic (exact) mass is 198 g/mol. The number of nitrogens with zero attached hydrogens (tertiary/aromatic N) is 1. The predicted molar refractivity (Wildman–Crippen MR) is 62.6 cm³/mol. The van der Waals surface area contributed by atoms with Crippen LogP contribution in [0, 0.1) is 5.41 Å². The van der Waals surface area contributed by atoms with Gasteiger partial charge in [0.25, 0.3) is 0 Å². The minimum Gasteiger partial charge on any atom is -0.316 e. The Balaban J connectivity index is 2.50. The first kappa shape index (κ1) is 12.0. The van der Waals surface area contributed by atoms with E-state index in [9.17, 15) is 0 Å². The van der Waals surface area contributed by atoms with Gasteiger partial charge in [-0.2, -0.15) is 0 Å². The summed E-state index contributed by atoms with van der Waals surface area (Å²) in [6.45, 7) is 9.44. The summed E-state index contributed by atoms with van der Waals surface area (Å²) >= 11 is 0. The molecule has 0 aliphatic carbocycles. The molecular formula is C12H26N2. The van der Waals surface area contributed by atoms with Crippen LogP contribution in [-0.2, 0) is 0 Å². The molecule has 0 spiro atoms. The second kappa shape index (κ2) is 5.72. The summed E-state index contributed by atoms with van der Waals surface area (Å²) in [5.74, 6) is 0. The Kier molecular flexibility index (Phi) is 4.90. The average Bonchev–Trinajstić information content (AvgIpc) is 2.19. The van der Waals surface area contributed by atoms with E-state index in [0.717, 1.165) is 0 Å². The van der Waals surface area contributed by atoms with Crippen LogP contribution in [0.4, 0.5) is 0 Å². The highest BCUT2D eigenvalue weighted by molar-refractivity contribution is 4.87. The molecule has 0 aromatic carbocycles. The molecule has 2 heteroatoms. The molecule has 2 nitrogen and oxygen atoms in total. The third kappa shape index (κ3) is 3.25. The molecule has 0 aromatic rings. The number of piperidine rings is 1. The van der Waals surface area contributed by atoms with Crippen molar-refractivity contribution < 1.29 is 0 Å². The largest absolute Gasteiger partial charge is 0.316 e. The van der Waals surface area contributed by atoms with Crippen molar-refractivity contribution in [1.82, 2.24) is 10.2 Å². The third-order valence-corrected chi connectivity index (χ3v) is 3.49. The fourth-order valence-corrected chi connectivity index (χ4v) is 2.67. The molecule has 1 unspecified atom stereocenters. The van der Waals surface area contributed by atoms with Crippen LogP contribution in [0.5, 0.6) is 0 Å². The molecule has 1 fully saturated rings. The van der Waals surface area contributed by atoms with E-state index in [1.54, 1.807) is 0 Å². The fourth-order valence-electron chi connectivity index (χ4n) is 2.67. The van der Waals surface area contributed by atoms with E-state index in [-0.39, 0.29) is 0 Å². The Hall–Kier alpha value is -0.0800. The Morgan fingerprint density at radius 1 is 1.36 bits per heavy atom. The molecule has 1 aliphatic heterocycles. The molecule has 0 radical (unpaired) electrons. The van der Waals surface area contributed by atoms with Crippen molar-refractivity contribution in [3.63, 3.8) is 0 Å². The summed E-state index contributed by atoms with van der Waals surface area (Å²) in [4.78, 5) is 2.46. The Morgan fingerprint density at radius 2 is 2.14 bits per heavy atom. The van der Waals surface area contributed by atoms with Crippen LogP contribution in [0.25, 0.3) is 0 Å². The maximum absolute atomic E-state index is 3.56. The van der Waals surface area contributed by atoms with E-state index in [1.807, 2.05) is 0 Å². The van der Waals surface area contributed by atoms with Crippen molar-refractivity contribution in [3.8, 4) is 0 Å². The lowest BCUT2D eigenvalue weighted by Gasteiger charge is -2.40. The molecular weight excluding hydrogens is 172 g/mol. The lowest BCUT2D eigenvalue weighted by Crippen LogP contribution is -2.46. The lowest BCUT2D eigenvalue weighted by molar-refractivity contribution is 0.125.